The molecule has 0 heterocycles. The second-order valence-corrected chi connectivity index (χ2v) is 21.7. The van der Waals surface area contributed by atoms with Crippen LogP contribution < -0.4 is 0 Å². The molecule has 6 nitrogen and oxygen atoms in total. The van der Waals surface area contributed by atoms with Crippen molar-refractivity contribution in [3.63, 3.8) is 0 Å². The predicted molar refractivity (Wildman–Crippen MR) is 312 cm³/mol. The van der Waals surface area contributed by atoms with Gasteiger partial charge in [-0.05, 0) is 70.6 Å². The molecule has 0 saturated carbocycles. The van der Waals surface area contributed by atoms with Crippen molar-refractivity contribution in [3.05, 3.63) is 36.5 Å². The molecule has 0 radical (unpaired) electrons. The molecule has 6 heteroatoms. The summed E-state index contributed by atoms with van der Waals surface area (Å²) in [5.41, 5.74) is 0. The first-order chi connectivity index (χ1) is 35.5. The van der Waals surface area contributed by atoms with Crippen molar-refractivity contribution in [2.75, 3.05) is 13.2 Å². The van der Waals surface area contributed by atoms with Crippen molar-refractivity contribution in [1.82, 2.24) is 0 Å². The fraction of sp³-hybridized carbons (Fsp3) is 0.864. The van der Waals surface area contributed by atoms with Gasteiger partial charge in [0, 0.05) is 19.3 Å². The standard InChI is InChI=1S/C66H122O6/c1-4-7-10-13-16-19-22-25-27-28-29-30-31-32-33-34-35-36-37-39-41-44-47-50-53-56-59-65(68)71-62-63(61-70-64(67)58-55-52-49-46-43-40-24-21-18-15-12-9-6-3)72-66(69)60-57-54-51-48-45-42-38-26-23-20-17-14-11-8-5-2/h12,15,21,24,26,38,63H,4-11,13-14,16-20,22-23,25,27-37,39-62H2,1-3H3/b15-12-,24-21-,38-26-. The number of hydrogen-bond donors (Lipinski definition) is 0. The van der Waals surface area contributed by atoms with E-state index in [2.05, 4.69) is 57.2 Å². The van der Waals surface area contributed by atoms with Gasteiger partial charge in [-0.1, -0.05) is 295 Å². The van der Waals surface area contributed by atoms with Crippen molar-refractivity contribution in [3.8, 4) is 0 Å². The van der Waals surface area contributed by atoms with E-state index in [1.165, 1.54) is 218 Å². The van der Waals surface area contributed by atoms with Crippen LogP contribution in [0.15, 0.2) is 36.5 Å². The van der Waals surface area contributed by atoms with Gasteiger partial charge in [-0.25, -0.2) is 0 Å². The van der Waals surface area contributed by atoms with Crippen molar-refractivity contribution in [2.24, 2.45) is 0 Å². The first kappa shape index (κ1) is 69.6. The van der Waals surface area contributed by atoms with Crippen LogP contribution in [-0.4, -0.2) is 37.2 Å². The van der Waals surface area contributed by atoms with Gasteiger partial charge in [0.2, 0.25) is 0 Å². The number of carbonyl (C=O) groups is 3. The molecular weight excluding hydrogens is 889 g/mol. The maximum absolute atomic E-state index is 12.9. The molecule has 0 fully saturated rings. The van der Waals surface area contributed by atoms with E-state index in [1.54, 1.807) is 0 Å². The largest absolute Gasteiger partial charge is 0.462 e. The van der Waals surface area contributed by atoms with E-state index in [0.29, 0.717) is 19.3 Å². The van der Waals surface area contributed by atoms with Crippen LogP contribution in [0, 0.1) is 0 Å². The summed E-state index contributed by atoms with van der Waals surface area (Å²) in [6.45, 7) is 6.61. The van der Waals surface area contributed by atoms with E-state index in [0.717, 1.165) is 89.9 Å². The Morgan fingerprint density at radius 1 is 0.278 bits per heavy atom. The number of carbonyl (C=O) groups excluding carboxylic acids is 3. The number of hydrogen-bond acceptors (Lipinski definition) is 6. The van der Waals surface area contributed by atoms with Crippen molar-refractivity contribution >= 4 is 17.9 Å². The molecule has 0 bridgehead atoms. The maximum atomic E-state index is 12.9. The monoisotopic (exact) mass is 1010 g/mol. The van der Waals surface area contributed by atoms with E-state index < -0.39 is 6.10 Å². The first-order valence-corrected chi connectivity index (χ1v) is 32.0. The highest BCUT2D eigenvalue weighted by Gasteiger charge is 2.19. The summed E-state index contributed by atoms with van der Waals surface area (Å²) in [6.07, 6.45) is 74.5. The third kappa shape index (κ3) is 58.5. The zero-order chi connectivity index (χ0) is 52.2. The summed E-state index contributed by atoms with van der Waals surface area (Å²) in [5.74, 6) is -0.879. The molecule has 0 aromatic carbocycles. The fourth-order valence-electron chi connectivity index (χ4n) is 9.54. The topological polar surface area (TPSA) is 78.9 Å². The Bertz CT molecular complexity index is 1210. The minimum Gasteiger partial charge on any atom is -0.462 e. The zero-order valence-corrected chi connectivity index (χ0v) is 48.5. The lowest BCUT2D eigenvalue weighted by Gasteiger charge is -2.18. The van der Waals surface area contributed by atoms with Crippen LogP contribution in [0.5, 0.6) is 0 Å². The smallest absolute Gasteiger partial charge is 0.306 e. The van der Waals surface area contributed by atoms with Crippen molar-refractivity contribution < 1.29 is 28.6 Å². The highest BCUT2D eigenvalue weighted by atomic mass is 16.6. The minimum atomic E-state index is -0.780. The van der Waals surface area contributed by atoms with Crippen LogP contribution in [0.1, 0.15) is 348 Å². The molecule has 0 aliphatic carbocycles. The maximum Gasteiger partial charge on any atom is 0.306 e. The quantitative estimate of drug-likeness (QED) is 0.0261. The summed E-state index contributed by atoms with van der Waals surface area (Å²) < 4.78 is 16.9. The Morgan fingerprint density at radius 3 is 0.833 bits per heavy atom. The average Bonchev–Trinajstić information content (AvgIpc) is 3.38. The number of rotatable bonds is 59. The number of allylic oxidation sites excluding steroid dienone is 6. The van der Waals surface area contributed by atoms with Gasteiger partial charge in [0.25, 0.3) is 0 Å². The van der Waals surface area contributed by atoms with Crippen LogP contribution in [0.3, 0.4) is 0 Å². The Labute approximate surface area is 448 Å². The van der Waals surface area contributed by atoms with Crippen LogP contribution in [0.4, 0.5) is 0 Å². The van der Waals surface area contributed by atoms with Gasteiger partial charge < -0.3 is 14.2 Å². The first-order valence-electron chi connectivity index (χ1n) is 32.0. The van der Waals surface area contributed by atoms with Gasteiger partial charge in [0.1, 0.15) is 13.2 Å². The third-order valence-corrected chi connectivity index (χ3v) is 14.3. The molecule has 1 unspecified atom stereocenters. The molecule has 0 amide bonds. The molecular formula is C66H122O6. The fourth-order valence-corrected chi connectivity index (χ4v) is 9.54. The molecule has 0 aliphatic heterocycles. The van der Waals surface area contributed by atoms with E-state index >= 15 is 0 Å². The second kappa shape index (κ2) is 61.2. The van der Waals surface area contributed by atoms with Crippen LogP contribution in [0.25, 0.3) is 0 Å². The molecule has 0 saturated heterocycles. The molecule has 72 heavy (non-hydrogen) atoms. The highest BCUT2D eigenvalue weighted by molar-refractivity contribution is 5.71. The summed E-state index contributed by atoms with van der Waals surface area (Å²) in [4.78, 5) is 38.2. The lowest BCUT2D eigenvalue weighted by Crippen LogP contribution is -2.30. The van der Waals surface area contributed by atoms with E-state index in [4.69, 9.17) is 14.2 Å². The van der Waals surface area contributed by atoms with Crippen molar-refractivity contribution in [2.45, 2.75) is 354 Å². The third-order valence-electron chi connectivity index (χ3n) is 14.3. The van der Waals surface area contributed by atoms with Crippen LogP contribution >= 0.6 is 0 Å². The molecule has 0 aliphatic rings. The van der Waals surface area contributed by atoms with E-state index in [9.17, 15) is 14.4 Å². The highest BCUT2D eigenvalue weighted by Crippen LogP contribution is 2.18. The molecule has 0 aromatic heterocycles. The number of esters is 3. The average molecular weight is 1010 g/mol. The molecule has 422 valence electrons. The van der Waals surface area contributed by atoms with Crippen molar-refractivity contribution in [1.29, 1.82) is 0 Å². The van der Waals surface area contributed by atoms with Gasteiger partial charge >= 0.3 is 17.9 Å². The summed E-state index contributed by atoms with van der Waals surface area (Å²) >= 11 is 0. The van der Waals surface area contributed by atoms with E-state index in [-0.39, 0.29) is 31.1 Å². The molecule has 0 spiro atoms. The second-order valence-electron chi connectivity index (χ2n) is 21.7. The normalized spacial score (nSPS) is 12.2. The Balaban J connectivity index is 4.20. The summed E-state index contributed by atoms with van der Waals surface area (Å²) in [6, 6.07) is 0. The lowest BCUT2D eigenvalue weighted by atomic mass is 10.0. The number of ether oxygens (including phenoxy) is 3. The predicted octanol–water partition coefficient (Wildman–Crippen LogP) is 21.6. The molecule has 0 N–H and O–H groups in total. The summed E-state index contributed by atoms with van der Waals surface area (Å²) in [5, 5.41) is 0. The SMILES string of the molecule is CCC/C=C\C/C=C\CCCCCCCC(=O)OCC(COC(=O)CCCCCCCCCCCCCCCCCCCCCCCCCCCC)OC(=O)CCCCCCC/C=C\CCCCCCCC. The minimum absolute atomic E-state index is 0.0762. The molecule has 0 rings (SSSR count). The van der Waals surface area contributed by atoms with Gasteiger partial charge in [-0.3, -0.25) is 14.4 Å². The van der Waals surface area contributed by atoms with Crippen LogP contribution in [0.2, 0.25) is 0 Å². The lowest BCUT2D eigenvalue weighted by molar-refractivity contribution is -0.167. The van der Waals surface area contributed by atoms with Gasteiger partial charge in [-0.2, -0.15) is 0 Å². The Kier molecular flexibility index (Phi) is 59.2. The Hall–Kier alpha value is -2.37. The van der Waals surface area contributed by atoms with E-state index in [1.807, 2.05) is 0 Å². The van der Waals surface area contributed by atoms with Crippen LogP contribution in [-0.2, 0) is 28.6 Å². The van der Waals surface area contributed by atoms with Gasteiger partial charge in [0.15, 0.2) is 6.10 Å². The molecule has 1 atom stereocenters. The molecule has 0 aromatic rings. The Morgan fingerprint density at radius 2 is 0.528 bits per heavy atom. The number of unbranched alkanes of at least 4 members (excludes halogenated alkanes) is 42. The van der Waals surface area contributed by atoms with Gasteiger partial charge in [0.05, 0.1) is 0 Å². The summed E-state index contributed by atoms with van der Waals surface area (Å²) in [7, 11) is 0. The zero-order valence-electron chi connectivity index (χ0n) is 48.5. The van der Waals surface area contributed by atoms with Gasteiger partial charge in [-0.15, -0.1) is 0 Å².